The SMILES string of the molecule is CN1CCC(=[OH+])CC1. The second-order valence-corrected chi connectivity index (χ2v) is 2.37. The third kappa shape index (κ3) is 1.30. The monoisotopic (exact) mass is 114 g/mol. The van der Waals surface area contributed by atoms with Crippen molar-refractivity contribution in [3.05, 3.63) is 0 Å². The predicted molar refractivity (Wildman–Crippen MR) is 33.7 cm³/mol. The Balaban J connectivity index is 2.29. The van der Waals surface area contributed by atoms with Crippen molar-refractivity contribution in [2.24, 2.45) is 0 Å². The highest BCUT2D eigenvalue weighted by molar-refractivity contribution is 5.80. The molecule has 0 radical (unpaired) electrons. The zero-order valence-electron chi connectivity index (χ0n) is 5.22. The van der Waals surface area contributed by atoms with E-state index < -0.39 is 0 Å². The molecule has 1 saturated heterocycles. The van der Waals surface area contributed by atoms with Crippen molar-refractivity contribution >= 4 is 5.78 Å². The summed E-state index contributed by atoms with van der Waals surface area (Å²) in [6.07, 6.45) is 1.74. The molecule has 0 aromatic carbocycles. The van der Waals surface area contributed by atoms with Crippen LogP contribution in [0, 0.1) is 0 Å². The van der Waals surface area contributed by atoms with E-state index in [0.717, 1.165) is 25.9 Å². The molecule has 0 aliphatic carbocycles. The molecule has 0 amide bonds. The lowest BCUT2D eigenvalue weighted by molar-refractivity contribution is 0.326. The van der Waals surface area contributed by atoms with Gasteiger partial charge < -0.3 is 4.90 Å². The van der Waals surface area contributed by atoms with Gasteiger partial charge in [0.05, 0.1) is 12.8 Å². The van der Waals surface area contributed by atoms with Gasteiger partial charge in [0.15, 0.2) is 0 Å². The van der Waals surface area contributed by atoms with Gasteiger partial charge in [-0.05, 0) is 7.05 Å². The van der Waals surface area contributed by atoms with Gasteiger partial charge >= 0.3 is 0 Å². The van der Waals surface area contributed by atoms with E-state index in [4.69, 9.17) is 4.79 Å². The first-order chi connectivity index (χ1) is 3.79. The Bertz CT molecular complexity index is 90.7. The van der Waals surface area contributed by atoms with Gasteiger partial charge in [0, 0.05) is 13.1 Å². The van der Waals surface area contributed by atoms with Crippen molar-refractivity contribution in [3.8, 4) is 0 Å². The van der Waals surface area contributed by atoms with E-state index in [2.05, 4.69) is 11.9 Å². The number of likely N-dealkylation sites (tertiary alicyclic amines) is 1. The lowest BCUT2D eigenvalue weighted by atomic mass is 10.1. The van der Waals surface area contributed by atoms with Gasteiger partial charge in [0.2, 0.25) is 0 Å². The summed E-state index contributed by atoms with van der Waals surface area (Å²) in [5, 5.41) is 0. The molecular formula is C6H12NO+. The Morgan fingerprint density at radius 3 is 2.25 bits per heavy atom. The second kappa shape index (κ2) is 2.27. The van der Waals surface area contributed by atoms with E-state index in [1.807, 2.05) is 0 Å². The van der Waals surface area contributed by atoms with Gasteiger partial charge in [-0.2, -0.15) is 0 Å². The fourth-order valence-corrected chi connectivity index (χ4v) is 0.877. The Labute approximate surface area is 49.5 Å². The molecule has 1 N–H and O–H groups in total. The minimum atomic E-state index is 0.670. The summed E-state index contributed by atoms with van der Waals surface area (Å²) < 4.78 is 0. The van der Waals surface area contributed by atoms with Gasteiger partial charge in [-0.25, -0.2) is 0 Å². The van der Waals surface area contributed by atoms with Gasteiger partial charge in [-0.1, -0.05) is 0 Å². The summed E-state index contributed by atoms with van der Waals surface area (Å²) in [5.41, 5.74) is 0. The van der Waals surface area contributed by atoms with Crippen LogP contribution in [-0.4, -0.2) is 35.6 Å². The Morgan fingerprint density at radius 1 is 1.38 bits per heavy atom. The van der Waals surface area contributed by atoms with Crippen LogP contribution in [0.15, 0.2) is 0 Å². The van der Waals surface area contributed by atoms with Crippen molar-refractivity contribution in [2.45, 2.75) is 12.8 Å². The van der Waals surface area contributed by atoms with Crippen LogP contribution in [0.4, 0.5) is 0 Å². The van der Waals surface area contributed by atoms with Crippen LogP contribution in [0.3, 0.4) is 0 Å². The fourth-order valence-electron chi connectivity index (χ4n) is 0.877. The van der Waals surface area contributed by atoms with Gasteiger partial charge in [-0.15, -0.1) is 0 Å². The summed E-state index contributed by atoms with van der Waals surface area (Å²) in [7, 11) is 2.08. The maximum atomic E-state index is 8.92. The summed E-state index contributed by atoms with van der Waals surface area (Å²) in [5.74, 6) is 0.670. The topological polar surface area (TPSA) is 24.6 Å². The number of hydrogen-bond donors (Lipinski definition) is 0. The number of carbonyl (C=O) groups excluding carboxylic acids is 1. The first-order valence-electron chi connectivity index (χ1n) is 3.01. The van der Waals surface area contributed by atoms with Crippen molar-refractivity contribution in [1.29, 1.82) is 0 Å². The van der Waals surface area contributed by atoms with E-state index in [1.165, 1.54) is 0 Å². The summed E-state index contributed by atoms with van der Waals surface area (Å²) >= 11 is 0. The summed E-state index contributed by atoms with van der Waals surface area (Å²) in [6.45, 7) is 2.04. The molecule has 2 heteroatoms. The molecule has 1 aliphatic rings. The zero-order valence-corrected chi connectivity index (χ0v) is 5.22. The third-order valence-electron chi connectivity index (χ3n) is 1.56. The molecule has 0 unspecified atom stereocenters. The van der Waals surface area contributed by atoms with Crippen LogP contribution in [-0.2, 0) is 0 Å². The van der Waals surface area contributed by atoms with Crippen LogP contribution in [0.2, 0.25) is 0 Å². The maximum absolute atomic E-state index is 8.92. The smallest absolute Gasteiger partial charge is 0.295 e. The molecule has 0 aromatic rings. The minimum absolute atomic E-state index is 0.670. The average Bonchev–Trinajstić information content (AvgIpc) is 1.77. The van der Waals surface area contributed by atoms with E-state index in [0.29, 0.717) is 5.78 Å². The number of ketones is 1. The Morgan fingerprint density at radius 2 is 1.88 bits per heavy atom. The molecule has 46 valence electrons. The third-order valence-corrected chi connectivity index (χ3v) is 1.56. The van der Waals surface area contributed by atoms with Crippen molar-refractivity contribution in [2.75, 3.05) is 20.1 Å². The van der Waals surface area contributed by atoms with E-state index >= 15 is 0 Å². The Kier molecular flexibility index (Phi) is 1.63. The number of rotatable bonds is 0. The quantitative estimate of drug-likeness (QED) is 0.414. The van der Waals surface area contributed by atoms with Crippen molar-refractivity contribution in [1.82, 2.24) is 4.90 Å². The molecule has 2 nitrogen and oxygen atoms in total. The molecule has 0 aromatic heterocycles. The highest BCUT2D eigenvalue weighted by Crippen LogP contribution is 2.00. The summed E-state index contributed by atoms with van der Waals surface area (Å²) in [4.78, 5) is 11.1. The van der Waals surface area contributed by atoms with Crippen molar-refractivity contribution < 1.29 is 4.79 Å². The lowest BCUT2D eigenvalue weighted by Crippen LogP contribution is -2.30. The van der Waals surface area contributed by atoms with Crippen molar-refractivity contribution in [3.63, 3.8) is 0 Å². The van der Waals surface area contributed by atoms with Gasteiger partial charge in [0.1, 0.15) is 0 Å². The van der Waals surface area contributed by atoms with E-state index in [-0.39, 0.29) is 0 Å². The molecule has 1 heterocycles. The number of hydrogen-bond acceptors (Lipinski definition) is 1. The molecule has 8 heavy (non-hydrogen) atoms. The average molecular weight is 114 g/mol. The van der Waals surface area contributed by atoms with E-state index in [1.54, 1.807) is 0 Å². The first kappa shape index (κ1) is 5.76. The minimum Gasteiger partial charge on any atom is -0.305 e. The molecule has 0 spiro atoms. The standard InChI is InChI=1S/C6H11NO/c1-7-4-2-6(8)3-5-7/h2-5H2,1H3/p+1. The Hall–Kier alpha value is -0.370. The maximum Gasteiger partial charge on any atom is 0.295 e. The second-order valence-electron chi connectivity index (χ2n) is 2.37. The molecule has 0 saturated carbocycles. The largest absolute Gasteiger partial charge is 0.305 e. The molecular weight excluding hydrogens is 102 g/mol. The highest BCUT2D eigenvalue weighted by atomic mass is 16.1. The molecule has 0 atom stereocenters. The fraction of sp³-hybridized carbons (Fsp3) is 0.833. The number of piperidine rings is 1. The zero-order chi connectivity index (χ0) is 5.98. The molecule has 1 rings (SSSR count). The van der Waals surface area contributed by atoms with E-state index in [9.17, 15) is 0 Å². The first-order valence-corrected chi connectivity index (χ1v) is 3.01. The van der Waals surface area contributed by atoms with Crippen LogP contribution in [0.5, 0.6) is 0 Å². The van der Waals surface area contributed by atoms with Crippen LogP contribution >= 0.6 is 0 Å². The van der Waals surface area contributed by atoms with Gasteiger partial charge in [-0.3, -0.25) is 4.79 Å². The predicted octanol–water partition coefficient (Wildman–Crippen LogP) is 0.257. The van der Waals surface area contributed by atoms with Gasteiger partial charge in [0.25, 0.3) is 5.78 Å². The molecule has 0 bridgehead atoms. The lowest BCUT2D eigenvalue weighted by Gasteiger charge is -2.17. The molecule has 1 aliphatic heterocycles. The van der Waals surface area contributed by atoms with Crippen LogP contribution in [0.1, 0.15) is 12.8 Å². The number of nitrogens with zero attached hydrogens (tertiary/aromatic N) is 1. The normalized spacial score (nSPS) is 23.9. The van der Waals surface area contributed by atoms with Crippen LogP contribution in [0.25, 0.3) is 0 Å². The van der Waals surface area contributed by atoms with Crippen LogP contribution < -0.4 is 0 Å². The highest BCUT2D eigenvalue weighted by Gasteiger charge is 2.16. The summed E-state index contributed by atoms with van der Waals surface area (Å²) in [6, 6.07) is 0. The molecule has 1 fully saturated rings.